The number of anilines is 1. The van der Waals surface area contributed by atoms with Gasteiger partial charge in [0.1, 0.15) is 5.75 Å². The fourth-order valence-corrected chi connectivity index (χ4v) is 4.35. The molecule has 144 valence electrons. The molecular formula is C23H24N2O2S. The van der Waals surface area contributed by atoms with Crippen molar-refractivity contribution >= 4 is 22.4 Å². The predicted octanol–water partition coefficient (Wildman–Crippen LogP) is 5.49. The summed E-state index contributed by atoms with van der Waals surface area (Å²) in [6.45, 7) is 6.26. The van der Waals surface area contributed by atoms with Crippen molar-refractivity contribution in [2.24, 2.45) is 5.92 Å². The van der Waals surface area contributed by atoms with Crippen LogP contribution in [0.4, 0.5) is 5.13 Å². The van der Waals surface area contributed by atoms with Gasteiger partial charge in [0.15, 0.2) is 5.13 Å². The molecule has 0 saturated heterocycles. The van der Waals surface area contributed by atoms with E-state index in [1.165, 1.54) is 28.0 Å². The van der Waals surface area contributed by atoms with E-state index in [9.17, 15) is 4.79 Å². The Kier molecular flexibility index (Phi) is 4.94. The summed E-state index contributed by atoms with van der Waals surface area (Å²) in [5.74, 6) is 1.19. The summed E-state index contributed by atoms with van der Waals surface area (Å²) in [5, 5.41) is 3.70. The third kappa shape index (κ3) is 3.67. The Morgan fingerprint density at radius 3 is 2.54 bits per heavy atom. The number of ether oxygens (including phenoxy) is 1. The molecule has 1 aliphatic rings. The van der Waals surface area contributed by atoms with E-state index in [0.717, 1.165) is 28.3 Å². The highest BCUT2D eigenvalue weighted by Gasteiger charge is 2.44. The van der Waals surface area contributed by atoms with Gasteiger partial charge in [-0.25, -0.2) is 4.98 Å². The van der Waals surface area contributed by atoms with Crippen LogP contribution < -0.4 is 10.1 Å². The Bertz CT molecular complexity index is 1020. The molecule has 3 aromatic rings. The number of aryl methyl sites for hydroxylation is 3. The third-order valence-corrected chi connectivity index (χ3v) is 6.36. The molecule has 0 radical (unpaired) electrons. The first-order valence-corrected chi connectivity index (χ1v) is 10.3. The molecule has 4 rings (SSSR count). The van der Waals surface area contributed by atoms with Gasteiger partial charge in [0.25, 0.3) is 0 Å². The molecule has 1 amide bonds. The number of rotatable bonds is 5. The zero-order valence-corrected chi connectivity index (χ0v) is 17.4. The number of carbonyl (C=O) groups excluding carboxylic acids is 1. The summed E-state index contributed by atoms with van der Waals surface area (Å²) < 4.78 is 5.20. The molecule has 1 aromatic heterocycles. The van der Waals surface area contributed by atoms with E-state index in [4.69, 9.17) is 9.72 Å². The molecule has 4 nitrogen and oxygen atoms in total. The fraction of sp³-hybridized carbons (Fsp3) is 0.304. The molecule has 0 spiro atoms. The zero-order chi connectivity index (χ0) is 19.8. The van der Waals surface area contributed by atoms with Gasteiger partial charge in [0.2, 0.25) is 5.91 Å². The third-order valence-electron chi connectivity index (χ3n) is 5.48. The maximum Gasteiger partial charge on any atom is 0.229 e. The highest BCUT2D eigenvalue weighted by molar-refractivity contribution is 7.16. The van der Waals surface area contributed by atoms with E-state index < -0.39 is 0 Å². The lowest BCUT2D eigenvalue weighted by Crippen LogP contribution is -2.14. The van der Waals surface area contributed by atoms with Crippen LogP contribution in [0, 0.1) is 26.7 Å². The highest BCUT2D eigenvalue weighted by Crippen LogP contribution is 2.48. The van der Waals surface area contributed by atoms with E-state index in [2.05, 4.69) is 44.3 Å². The fourth-order valence-electron chi connectivity index (χ4n) is 3.51. The monoisotopic (exact) mass is 392 g/mol. The van der Waals surface area contributed by atoms with E-state index in [-0.39, 0.29) is 17.7 Å². The average Bonchev–Trinajstić information content (AvgIpc) is 3.41. The molecule has 1 aliphatic carbocycles. The summed E-state index contributed by atoms with van der Waals surface area (Å²) in [6.07, 6.45) is 0.881. The Labute approximate surface area is 169 Å². The number of benzene rings is 2. The first-order chi connectivity index (χ1) is 13.5. The standard InChI is InChI=1S/C23H24N2O2S/c1-13-5-6-17(11-14(13)2)21-15(3)28-23(24-21)25-22(26)20-12-19(20)16-7-9-18(27-4)10-8-16/h5-11,19-20H,12H2,1-4H3,(H,24,25,26). The molecule has 1 saturated carbocycles. The van der Waals surface area contributed by atoms with E-state index in [1.54, 1.807) is 7.11 Å². The van der Waals surface area contributed by atoms with Crippen molar-refractivity contribution in [3.05, 3.63) is 64.0 Å². The molecule has 1 fully saturated rings. The summed E-state index contributed by atoms with van der Waals surface area (Å²) in [5.41, 5.74) is 5.75. The van der Waals surface area contributed by atoms with Crippen molar-refractivity contribution in [1.82, 2.24) is 4.98 Å². The van der Waals surface area contributed by atoms with Gasteiger partial charge >= 0.3 is 0 Å². The van der Waals surface area contributed by atoms with Crippen LogP contribution in [0.1, 0.15) is 33.9 Å². The van der Waals surface area contributed by atoms with Crippen molar-refractivity contribution < 1.29 is 9.53 Å². The maximum absolute atomic E-state index is 12.7. The Morgan fingerprint density at radius 2 is 1.86 bits per heavy atom. The van der Waals surface area contributed by atoms with Crippen molar-refractivity contribution in [2.45, 2.75) is 33.1 Å². The van der Waals surface area contributed by atoms with Gasteiger partial charge in [-0.2, -0.15) is 0 Å². The van der Waals surface area contributed by atoms with Gasteiger partial charge in [-0.3, -0.25) is 4.79 Å². The van der Waals surface area contributed by atoms with Crippen LogP contribution in [0.5, 0.6) is 5.75 Å². The summed E-state index contributed by atoms with van der Waals surface area (Å²) in [7, 11) is 1.66. The second-order valence-electron chi connectivity index (χ2n) is 7.43. The van der Waals surface area contributed by atoms with Crippen molar-refractivity contribution in [3.8, 4) is 17.0 Å². The Morgan fingerprint density at radius 1 is 1.11 bits per heavy atom. The van der Waals surface area contributed by atoms with Crippen LogP contribution in [0.15, 0.2) is 42.5 Å². The molecule has 2 unspecified atom stereocenters. The highest BCUT2D eigenvalue weighted by atomic mass is 32.1. The zero-order valence-electron chi connectivity index (χ0n) is 16.6. The molecule has 2 atom stereocenters. The largest absolute Gasteiger partial charge is 0.497 e. The van der Waals surface area contributed by atoms with Crippen LogP contribution in [0.25, 0.3) is 11.3 Å². The van der Waals surface area contributed by atoms with Gasteiger partial charge < -0.3 is 10.1 Å². The van der Waals surface area contributed by atoms with Gasteiger partial charge in [0.05, 0.1) is 12.8 Å². The van der Waals surface area contributed by atoms with Gasteiger partial charge in [-0.1, -0.05) is 24.3 Å². The van der Waals surface area contributed by atoms with Gasteiger partial charge in [0, 0.05) is 16.4 Å². The first-order valence-electron chi connectivity index (χ1n) is 9.46. The molecule has 5 heteroatoms. The quantitative estimate of drug-likeness (QED) is 0.625. The smallest absolute Gasteiger partial charge is 0.229 e. The summed E-state index contributed by atoms with van der Waals surface area (Å²) in [6, 6.07) is 14.3. The normalized spacial score (nSPS) is 18.0. The van der Waals surface area contributed by atoms with Crippen LogP contribution in [-0.4, -0.2) is 18.0 Å². The van der Waals surface area contributed by atoms with Crippen LogP contribution in [0.2, 0.25) is 0 Å². The Balaban J connectivity index is 1.45. The molecule has 28 heavy (non-hydrogen) atoms. The number of hydrogen-bond acceptors (Lipinski definition) is 4. The van der Waals surface area contributed by atoms with Crippen molar-refractivity contribution in [2.75, 3.05) is 12.4 Å². The number of carbonyl (C=O) groups is 1. The second kappa shape index (κ2) is 7.40. The number of methoxy groups -OCH3 is 1. The van der Waals surface area contributed by atoms with E-state index >= 15 is 0 Å². The lowest BCUT2D eigenvalue weighted by molar-refractivity contribution is -0.117. The average molecular weight is 393 g/mol. The summed E-state index contributed by atoms with van der Waals surface area (Å²) >= 11 is 1.54. The van der Waals surface area contributed by atoms with Gasteiger partial charge in [-0.15, -0.1) is 11.3 Å². The maximum atomic E-state index is 12.7. The molecule has 0 bridgehead atoms. The molecule has 1 N–H and O–H groups in total. The second-order valence-corrected chi connectivity index (χ2v) is 8.64. The molecular weight excluding hydrogens is 368 g/mol. The van der Waals surface area contributed by atoms with E-state index in [1.807, 2.05) is 24.3 Å². The minimum atomic E-state index is 0.0164. The number of nitrogens with one attached hydrogen (secondary N) is 1. The lowest BCUT2D eigenvalue weighted by Gasteiger charge is -2.04. The Hall–Kier alpha value is -2.66. The number of aromatic nitrogens is 1. The van der Waals surface area contributed by atoms with Crippen LogP contribution in [0.3, 0.4) is 0 Å². The molecule has 1 heterocycles. The van der Waals surface area contributed by atoms with E-state index in [0.29, 0.717) is 5.13 Å². The molecule has 2 aromatic carbocycles. The van der Waals surface area contributed by atoms with Crippen molar-refractivity contribution in [1.29, 1.82) is 0 Å². The van der Waals surface area contributed by atoms with Crippen LogP contribution >= 0.6 is 11.3 Å². The number of thiazole rings is 1. The number of nitrogens with zero attached hydrogens (tertiary/aromatic N) is 1. The SMILES string of the molecule is COc1ccc(C2CC2C(=O)Nc2nc(-c3ccc(C)c(C)c3)c(C)s2)cc1. The van der Waals surface area contributed by atoms with Gasteiger partial charge in [-0.05, 0) is 68.0 Å². The van der Waals surface area contributed by atoms with Crippen molar-refractivity contribution in [3.63, 3.8) is 0 Å². The predicted molar refractivity (Wildman–Crippen MR) is 114 cm³/mol. The topological polar surface area (TPSA) is 51.2 Å². The van der Waals surface area contributed by atoms with Crippen LogP contribution in [-0.2, 0) is 4.79 Å². The molecule has 0 aliphatic heterocycles. The summed E-state index contributed by atoms with van der Waals surface area (Å²) in [4.78, 5) is 18.5. The minimum Gasteiger partial charge on any atom is -0.497 e. The first kappa shape index (κ1) is 18.7. The lowest BCUT2D eigenvalue weighted by atomic mass is 10.0. The number of hydrogen-bond donors (Lipinski definition) is 1. The minimum absolute atomic E-state index is 0.0164. The number of amides is 1.